The zero-order chi connectivity index (χ0) is 12.2. The summed E-state index contributed by atoms with van der Waals surface area (Å²) in [7, 11) is -3.16. The molecule has 1 N–H and O–H groups in total. The minimum atomic E-state index is -3.16. The second-order valence-electron chi connectivity index (χ2n) is 5.03. The molecule has 16 heavy (non-hydrogen) atoms. The van der Waals surface area contributed by atoms with Gasteiger partial charge in [0.05, 0.1) is 17.1 Å². The molecule has 0 aromatic rings. The molecule has 0 saturated heterocycles. The highest BCUT2D eigenvalue weighted by atomic mass is 32.2. The molecule has 0 atom stereocenters. The van der Waals surface area contributed by atoms with Gasteiger partial charge in [0.2, 0.25) is 0 Å². The summed E-state index contributed by atoms with van der Waals surface area (Å²) in [6.45, 7) is 3.94. The molecule has 1 aliphatic rings. The predicted molar refractivity (Wildman–Crippen MR) is 66.0 cm³/mol. The van der Waals surface area contributed by atoms with Crippen molar-refractivity contribution in [3.63, 3.8) is 0 Å². The SMILES string of the molecule is C/C=C/CS(=O)(=O)CC1(O)CCC(C)CC1. The van der Waals surface area contributed by atoms with Gasteiger partial charge >= 0.3 is 0 Å². The fourth-order valence-electron chi connectivity index (χ4n) is 2.15. The van der Waals surface area contributed by atoms with Crippen LogP contribution in [0.3, 0.4) is 0 Å². The molecule has 0 aromatic heterocycles. The maximum atomic E-state index is 11.7. The van der Waals surface area contributed by atoms with Gasteiger partial charge in [0, 0.05) is 0 Å². The van der Waals surface area contributed by atoms with Gasteiger partial charge in [0.1, 0.15) is 0 Å². The molecular formula is C12H22O3S. The highest BCUT2D eigenvalue weighted by Crippen LogP contribution is 2.32. The van der Waals surface area contributed by atoms with E-state index in [1.807, 2.05) is 0 Å². The van der Waals surface area contributed by atoms with E-state index < -0.39 is 15.4 Å². The third-order valence-electron chi connectivity index (χ3n) is 3.28. The summed E-state index contributed by atoms with van der Waals surface area (Å²) >= 11 is 0. The zero-order valence-electron chi connectivity index (χ0n) is 10.1. The number of sulfone groups is 1. The van der Waals surface area contributed by atoms with Crippen LogP contribution < -0.4 is 0 Å². The molecule has 1 rings (SSSR count). The second kappa shape index (κ2) is 5.32. The van der Waals surface area contributed by atoms with E-state index in [4.69, 9.17) is 0 Å². The van der Waals surface area contributed by atoms with Crippen LogP contribution in [0, 0.1) is 5.92 Å². The van der Waals surface area contributed by atoms with Crippen molar-refractivity contribution in [3.8, 4) is 0 Å². The van der Waals surface area contributed by atoms with E-state index in [1.54, 1.807) is 19.1 Å². The van der Waals surface area contributed by atoms with Crippen LogP contribution in [0.25, 0.3) is 0 Å². The maximum absolute atomic E-state index is 11.7. The fraction of sp³-hybridized carbons (Fsp3) is 0.833. The van der Waals surface area contributed by atoms with Crippen molar-refractivity contribution < 1.29 is 13.5 Å². The minimum absolute atomic E-state index is 0.0430. The fourth-order valence-corrected chi connectivity index (χ4v) is 3.87. The number of rotatable bonds is 4. The smallest absolute Gasteiger partial charge is 0.156 e. The number of hydrogen-bond acceptors (Lipinski definition) is 3. The van der Waals surface area contributed by atoms with Crippen molar-refractivity contribution >= 4 is 9.84 Å². The van der Waals surface area contributed by atoms with Crippen molar-refractivity contribution in [2.24, 2.45) is 5.92 Å². The lowest BCUT2D eigenvalue weighted by Gasteiger charge is -2.34. The molecule has 0 spiro atoms. The monoisotopic (exact) mass is 246 g/mol. The molecule has 3 nitrogen and oxygen atoms in total. The molecular weight excluding hydrogens is 224 g/mol. The molecule has 0 bridgehead atoms. The Morgan fingerprint density at radius 1 is 1.38 bits per heavy atom. The van der Waals surface area contributed by atoms with E-state index in [0.717, 1.165) is 12.8 Å². The average molecular weight is 246 g/mol. The van der Waals surface area contributed by atoms with E-state index in [0.29, 0.717) is 18.8 Å². The lowest BCUT2D eigenvalue weighted by molar-refractivity contribution is 0.0136. The van der Waals surface area contributed by atoms with Gasteiger partial charge in [-0.2, -0.15) is 0 Å². The first-order chi connectivity index (χ1) is 7.37. The molecule has 0 heterocycles. The second-order valence-corrected chi connectivity index (χ2v) is 7.14. The molecule has 0 amide bonds. The first-order valence-electron chi connectivity index (χ1n) is 5.91. The normalized spacial score (nSPS) is 32.1. The van der Waals surface area contributed by atoms with Crippen LogP contribution in [0.15, 0.2) is 12.2 Å². The van der Waals surface area contributed by atoms with Gasteiger partial charge in [-0.05, 0) is 38.5 Å². The first kappa shape index (κ1) is 13.7. The molecule has 1 saturated carbocycles. The van der Waals surface area contributed by atoms with Gasteiger partial charge in [-0.25, -0.2) is 8.42 Å². The summed E-state index contributed by atoms with van der Waals surface area (Å²) in [6, 6.07) is 0. The van der Waals surface area contributed by atoms with Crippen LogP contribution >= 0.6 is 0 Å². The van der Waals surface area contributed by atoms with Gasteiger partial charge in [-0.15, -0.1) is 0 Å². The molecule has 1 aliphatic carbocycles. The van der Waals surface area contributed by atoms with Gasteiger partial charge in [0.15, 0.2) is 9.84 Å². The Hall–Kier alpha value is -0.350. The van der Waals surface area contributed by atoms with Crippen molar-refractivity contribution in [1.82, 2.24) is 0 Å². The largest absolute Gasteiger partial charge is 0.389 e. The molecule has 0 unspecified atom stereocenters. The van der Waals surface area contributed by atoms with E-state index in [2.05, 4.69) is 6.92 Å². The quantitative estimate of drug-likeness (QED) is 0.771. The first-order valence-corrected chi connectivity index (χ1v) is 7.73. The average Bonchev–Trinajstić information content (AvgIpc) is 2.19. The van der Waals surface area contributed by atoms with Crippen molar-refractivity contribution in [1.29, 1.82) is 0 Å². The standard InChI is InChI=1S/C12H22O3S/c1-3-4-9-16(14,15)10-12(13)7-5-11(2)6-8-12/h3-4,11,13H,5-10H2,1-2H3/b4-3+. The number of allylic oxidation sites excluding steroid dienone is 1. The third-order valence-corrected chi connectivity index (χ3v) is 4.96. The van der Waals surface area contributed by atoms with Crippen LogP contribution in [0.4, 0.5) is 0 Å². The van der Waals surface area contributed by atoms with Gasteiger partial charge in [0.25, 0.3) is 0 Å². The molecule has 94 valence electrons. The van der Waals surface area contributed by atoms with Crippen molar-refractivity contribution in [3.05, 3.63) is 12.2 Å². The van der Waals surface area contributed by atoms with Gasteiger partial charge < -0.3 is 5.11 Å². The Balaban J connectivity index is 2.58. The van der Waals surface area contributed by atoms with E-state index in [-0.39, 0.29) is 11.5 Å². The number of aliphatic hydroxyl groups is 1. The van der Waals surface area contributed by atoms with E-state index in [9.17, 15) is 13.5 Å². The molecule has 0 aromatic carbocycles. The zero-order valence-corrected chi connectivity index (χ0v) is 11.0. The molecule has 0 radical (unpaired) electrons. The highest BCUT2D eigenvalue weighted by molar-refractivity contribution is 7.91. The van der Waals surface area contributed by atoms with Gasteiger partial charge in [-0.3, -0.25) is 0 Å². The minimum Gasteiger partial charge on any atom is -0.389 e. The lowest BCUT2D eigenvalue weighted by Crippen LogP contribution is -2.41. The molecule has 0 aliphatic heterocycles. The van der Waals surface area contributed by atoms with Crippen molar-refractivity contribution in [2.45, 2.75) is 45.1 Å². The lowest BCUT2D eigenvalue weighted by atomic mass is 9.81. The van der Waals surface area contributed by atoms with Gasteiger partial charge in [-0.1, -0.05) is 19.1 Å². The van der Waals surface area contributed by atoms with Crippen LogP contribution in [0.1, 0.15) is 39.5 Å². The Kier molecular flexibility index (Phi) is 4.56. The molecule has 1 fully saturated rings. The summed E-state index contributed by atoms with van der Waals surface area (Å²) in [5.74, 6) is 0.567. The van der Waals surface area contributed by atoms with Crippen LogP contribution in [0.2, 0.25) is 0 Å². The Labute approximate surface area is 98.5 Å². The highest BCUT2D eigenvalue weighted by Gasteiger charge is 2.35. The van der Waals surface area contributed by atoms with Crippen LogP contribution in [0.5, 0.6) is 0 Å². The topological polar surface area (TPSA) is 54.4 Å². The summed E-state index contributed by atoms with van der Waals surface area (Å²) in [5.41, 5.74) is -0.979. The predicted octanol–water partition coefficient (Wildman–Crippen LogP) is 1.92. The van der Waals surface area contributed by atoms with Crippen LogP contribution in [-0.4, -0.2) is 30.6 Å². The Morgan fingerprint density at radius 2 is 1.94 bits per heavy atom. The third kappa shape index (κ3) is 4.26. The van der Waals surface area contributed by atoms with Crippen LogP contribution in [-0.2, 0) is 9.84 Å². The molecule has 4 heteroatoms. The van der Waals surface area contributed by atoms with E-state index in [1.165, 1.54) is 0 Å². The van der Waals surface area contributed by atoms with E-state index >= 15 is 0 Å². The van der Waals surface area contributed by atoms with Crippen molar-refractivity contribution in [2.75, 3.05) is 11.5 Å². The number of hydrogen-bond donors (Lipinski definition) is 1. The summed E-state index contributed by atoms with van der Waals surface area (Å²) < 4.78 is 23.5. The summed E-state index contributed by atoms with van der Waals surface area (Å²) in [6.07, 6.45) is 6.44. The maximum Gasteiger partial charge on any atom is 0.156 e. The Morgan fingerprint density at radius 3 is 2.44 bits per heavy atom. The summed E-state index contributed by atoms with van der Waals surface area (Å²) in [5, 5.41) is 10.2. The summed E-state index contributed by atoms with van der Waals surface area (Å²) in [4.78, 5) is 0. The Bertz CT molecular complexity index is 335.